The number of aromatic nitrogens is 1. The zero-order chi connectivity index (χ0) is 9.97. The van der Waals surface area contributed by atoms with Crippen LogP contribution in [0.3, 0.4) is 0 Å². The molecule has 1 N–H and O–H groups in total. The molecule has 1 fully saturated rings. The predicted molar refractivity (Wildman–Crippen MR) is 58.5 cm³/mol. The fourth-order valence-electron chi connectivity index (χ4n) is 1.67. The van der Waals surface area contributed by atoms with E-state index in [2.05, 4.69) is 10.3 Å². The topological polar surface area (TPSA) is 38.1 Å². The maximum absolute atomic E-state index is 5.49. The van der Waals surface area contributed by atoms with E-state index in [1.807, 2.05) is 25.6 Å². The molecule has 1 aromatic heterocycles. The third-order valence-electron chi connectivity index (χ3n) is 2.48. The molecule has 0 spiro atoms. The van der Waals surface area contributed by atoms with Gasteiger partial charge in [-0.3, -0.25) is 0 Å². The normalized spacial score (nSPS) is 21.7. The minimum atomic E-state index is 0.657. The first kappa shape index (κ1) is 10.1. The number of oxazole rings is 1. The van der Waals surface area contributed by atoms with Crippen LogP contribution in [0.2, 0.25) is 0 Å². The lowest BCUT2D eigenvalue weighted by atomic mass is 10.2. The van der Waals surface area contributed by atoms with Crippen LogP contribution >= 0.6 is 11.8 Å². The Kier molecular flexibility index (Phi) is 3.13. The summed E-state index contributed by atoms with van der Waals surface area (Å²) in [5.74, 6) is 4.26. The smallest absolute Gasteiger partial charge is 0.191 e. The van der Waals surface area contributed by atoms with Crippen molar-refractivity contribution in [3.05, 3.63) is 17.3 Å². The first-order valence-corrected chi connectivity index (χ1v) is 6.15. The molecule has 1 unspecified atom stereocenters. The van der Waals surface area contributed by atoms with Gasteiger partial charge in [0, 0.05) is 18.7 Å². The first-order valence-electron chi connectivity index (χ1n) is 5.00. The van der Waals surface area contributed by atoms with Gasteiger partial charge in [-0.2, -0.15) is 11.8 Å². The van der Waals surface area contributed by atoms with Crippen LogP contribution in [0.5, 0.6) is 0 Å². The SMILES string of the molecule is Cc1nc(C)c(CNC2CCSC2)o1. The number of thioether (sulfide) groups is 1. The van der Waals surface area contributed by atoms with Crippen molar-refractivity contribution in [1.82, 2.24) is 10.3 Å². The summed E-state index contributed by atoms with van der Waals surface area (Å²) < 4.78 is 5.49. The van der Waals surface area contributed by atoms with Crippen LogP contribution in [0.1, 0.15) is 23.8 Å². The number of nitrogens with one attached hydrogen (secondary N) is 1. The summed E-state index contributed by atoms with van der Waals surface area (Å²) in [6, 6.07) is 0.657. The zero-order valence-electron chi connectivity index (χ0n) is 8.67. The van der Waals surface area contributed by atoms with Gasteiger partial charge < -0.3 is 9.73 Å². The van der Waals surface area contributed by atoms with Crippen LogP contribution in [0.15, 0.2) is 4.42 Å². The van der Waals surface area contributed by atoms with E-state index in [1.165, 1.54) is 17.9 Å². The Morgan fingerprint density at radius 1 is 1.57 bits per heavy atom. The van der Waals surface area contributed by atoms with Crippen molar-refractivity contribution in [1.29, 1.82) is 0 Å². The van der Waals surface area contributed by atoms with E-state index in [4.69, 9.17) is 4.42 Å². The molecule has 0 saturated carbocycles. The van der Waals surface area contributed by atoms with Gasteiger partial charge in [-0.05, 0) is 19.1 Å². The van der Waals surface area contributed by atoms with Crippen molar-refractivity contribution in [2.24, 2.45) is 0 Å². The highest BCUT2D eigenvalue weighted by Gasteiger charge is 2.15. The lowest BCUT2D eigenvalue weighted by Crippen LogP contribution is -2.28. The molecule has 3 nitrogen and oxygen atoms in total. The molecule has 0 aliphatic carbocycles. The molecule has 0 bridgehead atoms. The molecule has 2 heterocycles. The summed E-state index contributed by atoms with van der Waals surface area (Å²) in [5.41, 5.74) is 1.01. The fraction of sp³-hybridized carbons (Fsp3) is 0.700. The molecule has 2 rings (SSSR count). The largest absolute Gasteiger partial charge is 0.444 e. The summed E-state index contributed by atoms with van der Waals surface area (Å²) in [5, 5.41) is 3.50. The summed E-state index contributed by atoms with van der Waals surface area (Å²) in [6.45, 7) is 4.71. The van der Waals surface area contributed by atoms with Gasteiger partial charge >= 0.3 is 0 Å². The van der Waals surface area contributed by atoms with Crippen molar-refractivity contribution in [2.75, 3.05) is 11.5 Å². The third kappa shape index (κ3) is 2.30. The van der Waals surface area contributed by atoms with E-state index < -0.39 is 0 Å². The van der Waals surface area contributed by atoms with Gasteiger partial charge in [-0.25, -0.2) is 4.98 Å². The average Bonchev–Trinajstić information content (AvgIpc) is 2.72. The van der Waals surface area contributed by atoms with Gasteiger partial charge in [0.2, 0.25) is 0 Å². The first-order chi connectivity index (χ1) is 6.75. The second-order valence-electron chi connectivity index (χ2n) is 3.68. The standard InChI is InChI=1S/C10H16N2OS/c1-7-10(13-8(2)12-7)5-11-9-3-4-14-6-9/h9,11H,3-6H2,1-2H3. The summed E-state index contributed by atoms with van der Waals surface area (Å²) in [6.07, 6.45) is 1.27. The Labute approximate surface area is 88.7 Å². The molecule has 78 valence electrons. The molecule has 14 heavy (non-hydrogen) atoms. The van der Waals surface area contributed by atoms with Crippen molar-refractivity contribution in [3.63, 3.8) is 0 Å². The van der Waals surface area contributed by atoms with E-state index in [9.17, 15) is 0 Å². The van der Waals surface area contributed by atoms with Gasteiger partial charge in [0.15, 0.2) is 5.89 Å². The summed E-state index contributed by atoms with van der Waals surface area (Å²) in [7, 11) is 0. The van der Waals surface area contributed by atoms with Crippen LogP contribution in [0, 0.1) is 13.8 Å². The van der Waals surface area contributed by atoms with Gasteiger partial charge in [-0.1, -0.05) is 0 Å². The molecule has 0 amide bonds. The van der Waals surface area contributed by atoms with E-state index in [0.29, 0.717) is 6.04 Å². The minimum Gasteiger partial charge on any atom is -0.444 e. The monoisotopic (exact) mass is 212 g/mol. The maximum atomic E-state index is 5.49. The fourth-order valence-corrected chi connectivity index (χ4v) is 2.86. The highest BCUT2D eigenvalue weighted by Crippen LogP contribution is 2.18. The molecule has 0 radical (unpaired) electrons. The maximum Gasteiger partial charge on any atom is 0.191 e. The molecule has 1 aliphatic heterocycles. The molecule has 1 atom stereocenters. The van der Waals surface area contributed by atoms with E-state index >= 15 is 0 Å². The quantitative estimate of drug-likeness (QED) is 0.830. The highest BCUT2D eigenvalue weighted by molar-refractivity contribution is 7.99. The highest BCUT2D eigenvalue weighted by atomic mass is 32.2. The molecular formula is C10H16N2OS. The van der Waals surface area contributed by atoms with Gasteiger partial charge in [-0.15, -0.1) is 0 Å². The predicted octanol–water partition coefficient (Wildman–Crippen LogP) is 1.89. The summed E-state index contributed by atoms with van der Waals surface area (Å²) in [4.78, 5) is 4.24. The Hall–Kier alpha value is -0.480. The Morgan fingerprint density at radius 2 is 2.43 bits per heavy atom. The molecule has 0 aromatic carbocycles. The van der Waals surface area contributed by atoms with Gasteiger partial charge in [0.25, 0.3) is 0 Å². The second-order valence-corrected chi connectivity index (χ2v) is 4.83. The Bertz CT molecular complexity index is 305. The van der Waals surface area contributed by atoms with Crippen LogP contribution in [-0.2, 0) is 6.54 Å². The van der Waals surface area contributed by atoms with Crippen molar-refractivity contribution < 1.29 is 4.42 Å². The third-order valence-corrected chi connectivity index (χ3v) is 3.64. The molecule has 1 aromatic rings. The molecule has 1 saturated heterocycles. The molecular weight excluding hydrogens is 196 g/mol. The van der Waals surface area contributed by atoms with Gasteiger partial charge in [0.05, 0.1) is 12.2 Å². The van der Waals surface area contributed by atoms with Crippen molar-refractivity contribution in [3.8, 4) is 0 Å². The van der Waals surface area contributed by atoms with Crippen molar-refractivity contribution >= 4 is 11.8 Å². The van der Waals surface area contributed by atoms with Crippen LogP contribution < -0.4 is 5.32 Å². The lowest BCUT2D eigenvalue weighted by molar-refractivity contribution is 0.436. The second kappa shape index (κ2) is 4.36. The van der Waals surface area contributed by atoms with Crippen LogP contribution in [0.25, 0.3) is 0 Å². The van der Waals surface area contributed by atoms with E-state index in [-0.39, 0.29) is 0 Å². The Morgan fingerprint density at radius 3 is 3.00 bits per heavy atom. The Balaban J connectivity index is 1.87. The number of aryl methyl sites for hydroxylation is 2. The van der Waals surface area contributed by atoms with E-state index in [1.54, 1.807) is 0 Å². The number of hydrogen-bond acceptors (Lipinski definition) is 4. The lowest BCUT2D eigenvalue weighted by Gasteiger charge is -2.09. The summed E-state index contributed by atoms with van der Waals surface area (Å²) >= 11 is 2.02. The number of nitrogens with zero attached hydrogens (tertiary/aromatic N) is 1. The minimum absolute atomic E-state index is 0.657. The van der Waals surface area contributed by atoms with Crippen LogP contribution in [0.4, 0.5) is 0 Å². The van der Waals surface area contributed by atoms with E-state index in [0.717, 1.165) is 23.9 Å². The van der Waals surface area contributed by atoms with Gasteiger partial charge in [0.1, 0.15) is 5.76 Å². The van der Waals surface area contributed by atoms with Crippen LogP contribution in [-0.4, -0.2) is 22.5 Å². The molecule has 1 aliphatic rings. The molecule has 4 heteroatoms. The average molecular weight is 212 g/mol. The van der Waals surface area contributed by atoms with Crippen molar-refractivity contribution in [2.45, 2.75) is 32.9 Å². The number of hydrogen-bond donors (Lipinski definition) is 1. The zero-order valence-corrected chi connectivity index (χ0v) is 9.49. The number of rotatable bonds is 3.